The highest BCUT2D eigenvalue weighted by molar-refractivity contribution is 5.28. The Balaban J connectivity index is 3.07. The third kappa shape index (κ3) is 2.29. The Hall–Kier alpha value is -0.960. The molecule has 0 amide bonds. The molecule has 1 nitrogen and oxygen atoms in total. The van der Waals surface area contributed by atoms with Crippen LogP contribution in [0.2, 0.25) is 0 Å². The maximum atomic E-state index is 13.4. The van der Waals surface area contributed by atoms with Crippen molar-refractivity contribution < 1.29 is 8.78 Å². The molecule has 0 bridgehead atoms. The summed E-state index contributed by atoms with van der Waals surface area (Å²) in [6.07, 6.45) is 0.594. The third-order valence-corrected chi connectivity index (χ3v) is 2.32. The summed E-state index contributed by atoms with van der Waals surface area (Å²) >= 11 is 0. The molecule has 0 heterocycles. The van der Waals surface area contributed by atoms with Gasteiger partial charge in [-0.15, -0.1) is 0 Å². The van der Waals surface area contributed by atoms with Crippen molar-refractivity contribution in [2.24, 2.45) is 5.73 Å². The molecule has 2 N–H and O–H groups in total. The second kappa shape index (κ2) is 4.51. The first-order chi connectivity index (χ1) is 6.56. The van der Waals surface area contributed by atoms with E-state index in [2.05, 4.69) is 0 Å². The molecule has 0 aliphatic carbocycles. The van der Waals surface area contributed by atoms with Gasteiger partial charge in [0.2, 0.25) is 0 Å². The van der Waals surface area contributed by atoms with Crippen LogP contribution in [-0.4, -0.2) is 6.54 Å². The van der Waals surface area contributed by atoms with Crippen LogP contribution in [0.25, 0.3) is 0 Å². The molecular weight excluding hydrogens is 184 g/mol. The summed E-state index contributed by atoms with van der Waals surface area (Å²) in [6.45, 7) is 3.89. The molecule has 1 rings (SSSR count). The van der Waals surface area contributed by atoms with Crippen LogP contribution in [-0.2, 0) is 0 Å². The molecular formula is C11H15F2N. The predicted molar refractivity (Wildman–Crippen MR) is 53.2 cm³/mol. The van der Waals surface area contributed by atoms with Gasteiger partial charge in [0.15, 0.2) is 0 Å². The van der Waals surface area contributed by atoms with Gasteiger partial charge in [-0.05, 0) is 43.5 Å². The fourth-order valence-electron chi connectivity index (χ4n) is 1.58. The lowest BCUT2D eigenvalue weighted by Gasteiger charge is -2.13. The monoisotopic (exact) mass is 199 g/mol. The van der Waals surface area contributed by atoms with Crippen molar-refractivity contribution in [3.63, 3.8) is 0 Å². The summed E-state index contributed by atoms with van der Waals surface area (Å²) < 4.78 is 26.8. The van der Waals surface area contributed by atoms with Crippen molar-refractivity contribution in [1.29, 1.82) is 0 Å². The maximum absolute atomic E-state index is 13.4. The predicted octanol–water partition coefficient (Wildman–Crippen LogP) is 2.73. The standard InChI is InChI=1S/C11H15F2N/c1-7-5-9(12)11(10(13)6-7)8(2)3-4-14/h5-6,8H,3-4,14H2,1-2H3. The summed E-state index contributed by atoms with van der Waals surface area (Å²) in [5, 5.41) is 0. The summed E-state index contributed by atoms with van der Waals surface area (Å²) in [4.78, 5) is 0. The highest BCUT2D eigenvalue weighted by Gasteiger charge is 2.15. The van der Waals surface area contributed by atoms with Gasteiger partial charge in [0.25, 0.3) is 0 Å². The first kappa shape index (κ1) is 11.1. The first-order valence-corrected chi connectivity index (χ1v) is 4.72. The molecule has 1 aromatic carbocycles. The molecule has 3 heteroatoms. The third-order valence-electron chi connectivity index (χ3n) is 2.32. The fraction of sp³-hybridized carbons (Fsp3) is 0.455. The zero-order valence-corrected chi connectivity index (χ0v) is 8.48. The quantitative estimate of drug-likeness (QED) is 0.795. The smallest absolute Gasteiger partial charge is 0.129 e. The summed E-state index contributed by atoms with van der Waals surface area (Å²) in [5.41, 5.74) is 6.11. The van der Waals surface area contributed by atoms with Crippen molar-refractivity contribution in [3.8, 4) is 0 Å². The second-order valence-electron chi connectivity index (χ2n) is 3.62. The lowest BCUT2D eigenvalue weighted by Crippen LogP contribution is -2.08. The van der Waals surface area contributed by atoms with E-state index in [-0.39, 0.29) is 11.5 Å². The van der Waals surface area contributed by atoms with Crippen molar-refractivity contribution in [1.82, 2.24) is 0 Å². The van der Waals surface area contributed by atoms with Crippen molar-refractivity contribution in [2.45, 2.75) is 26.2 Å². The van der Waals surface area contributed by atoms with E-state index in [1.807, 2.05) is 0 Å². The molecule has 0 spiro atoms. The van der Waals surface area contributed by atoms with Gasteiger partial charge in [0.05, 0.1) is 0 Å². The topological polar surface area (TPSA) is 26.0 Å². The van der Waals surface area contributed by atoms with Gasteiger partial charge in [-0.2, -0.15) is 0 Å². The van der Waals surface area contributed by atoms with Gasteiger partial charge < -0.3 is 5.73 Å². The molecule has 0 saturated carbocycles. The number of halogens is 2. The minimum Gasteiger partial charge on any atom is -0.330 e. The zero-order chi connectivity index (χ0) is 10.7. The van der Waals surface area contributed by atoms with Gasteiger partial charge in [0.1, 0.15) is 11.6 Å². The number of hydrogen-bond donors (Lipinski definition) is 1. The van der Waals surface area contributed by atoms with Crippen LogP contribution >= 0.6 is 0 Å². The normalized spacial score (nSPS) is 12.9. The van der Waals surface area contributed by atoms with Gasteiger partial charge in [-0.3, -0.25) is 0 Å². The average Bonchev–Trinajstić information content (AvgIpc) is 2.01. The van der Waals surface area contributed by atoms with Crippen LogP contribution in [0.4, 0.5) is 8.78 Å². The van der Waals surface area contributed by atoms with Crippen molar-refractivity contribution >= 4 is 0 Å². The van der Waals surface area contributed by atoms with Crippen LogP contribution in [0.1, 0.15) is 30.4 Å². The number of nitrogens with two attached hydrogens (primary N) is 1. The van der Waals surface area contributed by atoms with Gasteiger partial charge in [-0.25, -0.2) is 8.78 Å². The van der Waals surface area contributed by atoms with E-state index in [0.29, 0.717) is 18.5 Å². The fourth-order valence-corrected chi connectivity index (χ4v) is 1.58. The van der Waals surface area contributed by atoms with E-state index >= 15 is 0 Å². The number of aryl methyl sites for hydroxylation is 1. The molecule has 78 valence electrons. The lowest BCUT2D eigenvalue weighted by molar-refractivity contribution is 0.521. The molecule has 0 aliphatic heterocycles. The molecule has 1 atom stereocenters. The molecule has 1 unspecified atom stereocenters. The van der Waals surface area contributed by atoms with Crippen LogP contribution in [0.5, 0.6) is 0 Å². The Kier molecular flexibility index (Phi) is 3.58. The Morgan fingerprint density at radius 2 is 1.79 bits per heavy atom. The Morgan fingerprint density at radius 3 is 2.21 bits per heavy atom. The summed E-state index contributed by atoms with van der Waals surface area (Å²) in [5.74, 6) is -1.10. The minimum atomic E-state index is -0.469. The Morgan fingerprint density at radius 1 is 1.29 bits per heavy atom. The van der Waals surface area contributed by atoms with E-state index in [0.717, 1.165) is 0 Å². The van der Waals surface area contributed by atoms with Gasteiger partial charge in [-0.1, -0.05) is 6.92 Å². The number of hydrogen-bond acceptors (Lipinski definition) is 1. The van der Waals surface area contributed by atoms with Crippen LogP contribution in [0.15, 0.2) is 12.1 Å². The lowest BCUT2D eigenvalue weighted by atomic mass is 9.95. The number of benzene rings is 1. The van der Waals surface area contributed by atoms with Gasteiger partial charge in [0, 0.05) is 5.56 Å². The maximum Gasteiger partial charge on any atom is 0.129 e. The van der Waals surface area contributed by atoms with Crippen LogP contribution in [0.3, 0.4) is 0 Å². The SMILES string of the molecule is Cc1cc(F)c(C(C)CCN)c(F)c1. The molecule has 1 aromatic rings. The van der Waals surface area contributed by atoms with Crippen LogP contribution < -0.4 is 5.73 Å². The Labute approximate surface area is 82.9 Å². The van der Waals surface area contributed by atoms with Crippen molar-refractivity contribution in [2.75, 3.05) is 6.54 Å². The van der Waals surface area contributed by atoms with E-state index in [1.165, 1.54) is 12.1 Å². The highest BCUT2D eigenvalue weighted by Crippen LogP contribution is 2.25. The summed E-state index contributed by atoms with van der Waals surface area (Å²) in [7, 11) is 0. The molecule has 0 fully saturated rings. The molecule has 0 saturated heterocycles. The highest BCUT2D eigenvalue weighted by atomic mass is 19.1. The van der Waals surface area contributed by atoms with E-state index in [9.17, 15) is 8.78 Å². The zero-order valence-electron chi connectivity index (χ0n) is 8.48. The van der Waals surface area contributed by atoms with E-state index in [4.69, 9.17) is 5.73 Å². The second-order valence-corrected chi connectivity index (χ2v) is 3.62. The van der Waals surface area contributed by atoms with E-state index in [1.54, 1.807) is 13.8 Å². The number of rotatable bonds is 3. The summed E-state index contributed by atoms with van der Waals surface area (Å²) in [6, 6.07) is 2.71. The first-order valence-electron chi connectivity index (χ1n) is 4.72. The van der Waals surface area contributed by atoms with Crippen molar-refractivity contribution in [3.05, 3.63) is 34.9 Å². The molecule has 0 aromatic heterocycles. The van der Waals surface area contributed by atoms with Gasteiger partial charge >= 0.3 is 0 Å². The Bertz CT molecular complexity index is 300. The average molecular weight is 199 g/mol. The molecule has 0 aliphatic rings. The molecule has 0 radical (unpaired) electrons. The largest absolute Gasteiger partial charge is 0.330 e. The minimum absolute atomic E-state index is 0.154. The van der Waals surface area contributed by atoms with Crippen LogP contribution in [0, 0.1) is 18.6 Å². The molecule has 14 heavy (non-hydrogen) atoms. The van der Waals surface area contributed by atoms with E-state index < -0.39 is 11.6 Å².